The van der Waals surface area contributed by atoms with Crippen molar-refractivity contribution in [2.45, 2.75) is 73.0 Å². The minimum atomic E-state index is -1.29. The maximum absolute atomic E-state index is 12.5. The van der Waals surface area contributed by atoms with Crippen LogP contribution >= 0.6 is 0 Å². The monoisotopic (exact) mass is 387 g/mol. The molecule has 0 aliphatic carbocycles. The molecule has 8 heteroatoms. The van der Waals surface area contributed by atoms with Crippen molar-refractivity contribution in [2.24, 2.45) is 11.8 Å². The molecule has 2 unspecified atom stereocenters. The topological polar surface area (TPSA) is 108 Å². The van der Waals surface area contributed by atoms with E-state index in [1.165, 1.54) is 6.92 Å². The maximum atomic E-state index is 12.5. The Labute approximate surface area is 161 Å². The number of nitrogens with one attached hydrogen (secondary N) is 1. The summed E-state index contributed by atoms with van der Waals surface area (Å²) in [6.07, 6.45) is -0.807. The van der Waals surface area contributed by atoms with E-state index in [2.05, 4.69) is 5.32 Å². The van der Waals surface area contributed by atoms with Gasteiger partial charge < -0.3 is 19.5 Å². The van der Waals surface area contributed by atoms with Crippen molar-refractivity contribution in [3.8, 4) is 0 Å². The Morgan fingerprint density at radius 2 is 1.41 bits per heavy atom. The van der Waals surface area contributed by atoms with Gasteiger partial charge in [-0.2, -0.15) is 0 Å². The first-order chi connectivity index (χ1) is 12.2. The summed E-state index contributed by atoms with van der Waals surface area (Å²) in [5, 5.41) is 2.45. The summed E-state index contributed by atoms with van der Waals surface area (Å²) in [5.74, 6) is -4.24. The minimum Gasteiger partial charge on any atom is -0.465 e. The Bertz CT molecular complexity index is 543. The van der Waals surface area contributed by atoms with Crippen LogP contribution in [0.1, 0.15) is 61.8 Å². The van der Waals surface area contributed by atoms with Crippen LogP contribution in [0.15, 0.2) is 0 Å². The van der Waals surface area contributed by atoms with Gasteiger partial charge in [0.05, 0.1) is 12.5 Å². The van der Waals surface area contributed by atoms with Gasteiger partial charge in [0.15, 0.2) is 0 Å². The molecule has 0 bridgehead atoms. The van der Waals surface area contributed by atoms with E-state index >= 15 is 0 Å². The van der Waals surface area contributed by atoms with Crippen molar-refractivity contribution in [1.29, 1.82) is 0 Å². The Morgan fingerprint density at radius 1 is 0.889 bits per heavy atom. The second-order valence-electron chi connectivity index (χ2n) is 8.20. The quantitative estimate of drug-likeness (QED) is 0.387. The molecule has 0 aromatic carbocycles. The van der Waals surface area contributed by atoms with E-state index in [-0.39, 0.29) is 19.6 Å². The largest absolute Gasteiger partial charge is 0.465 e. The average molecular weight is 387 g/mol. The third kappa shape index (κ3) is 10.6. The Balaban J connectivity index is 4.98. The number of Topliss-reactive ketones (excluding diaryl/α,β-unsaturated/α-hetero) is 1. The van der Waals surface area contributed by atoms with E-state index in [0.717, 1.165) is 0 Å². The number of esters is 2. The van der Waals surface area contributed by atoms with Gasteiger partial charge >= 0.3 is 18.0 Å². The molecule has 0 aromatic heterocycles. The molecule has 156 valence electrons. The van der Waals surface area contributed by atoms with Gasteiger partial charge in [0.1, 0.15) is 22.9 Å². The lowest BCUT2D eigenvalue weighted by Gasteiger charge is -2.25. The Morgan fingerprint density at radius 3 is 1.85 bits per heavy atom. The summed E-state index contributed by atoms with van der Waals surface area (Å²) in [6, 6.07) is 0. The van der Waals surface area contributed by atoms with Crippen LogP contribution in [0.3, 0.4) is 0 Å². The summed E-state index contributed by atoms with van der Waals surface area (Å²) < 4.78 is 15.3. The van der Waals surface area contributed by atoms with Crippen molar-refractivity contribution >= 4 is 23.8 Å². The van der Waals surface area contributed by atoms with Crippen LogP contribution in [0.5, 0.6) is 0 Å². The highest BCUT2D eigenvalue weighted by molar-refractivity contribution is 6.02. The first-order valence-corrected chi connectivity index (χ1v) is 9.07. The first-order valence-electron chi connectivity index (χ1n) is 9.07. The molecule has 1 amide bonds. The normalized spacial score (nSPS) is 13.9. The summed E-state index contributed by atoms with van der Waals surface area (Å²) in [6.45, 7) is 13.4. The standard InChI is InChI=1S/C19H33NO7/c1-9-25-16(23)14(12(2)15(22)26-18(3,4)5)13(21)10-11-20-17(24)27-19(6,7)8/h12,14H,9-11H2,1-8H3,(H,20,24). The maximum Gasteiger partial charge on any atom is 0.407 e. The highest BCUT2D eigenvalue weighted by atomic mass is 16.6. The summed E-state index contributed by atoms with van der Waals surface area (Å²) in [5.41, 5.74) is -1.40. The van der Waals surface area contributed by atoms with Crippen LogP contribution in [0.25, 0.3) is 0 Å². The second-order valence-corrected chi connectivity index (χ2v) is 8.20. The molecule has 0 saturated carbocycles. The van der Waals surface area contributed by atoms with E-state index < -0.39 is 46.9 Å². The molecule has 0 aromatic rings. The summed E-state index contributed by atoms with van der Waals surface area (Å²) in [4.78, 5) is 48.7. The number of carbonyl (C=O) groups is 4. The highest BCUT2D eigenvalue weighted by Crippen LogP contribution is 2.21. The third-order valence-corrected chi connectivity index (χ3v) is 3.21. The molecule has 1 N–H and O–H groups in total. The second kappa shape index (κ2) is 10.3. The van der Waals surface area contributed by atoms with Gasteiger partial charge in [0.2, 0.25) is 0 Å². The zero-order valence-electron chi connectivity index (χ0n) is 17.6. The van der Waals surface area contributed by atoms with Gasteiger partial charge in [-0.1, -0.05) is 6.92 Å². The Hall–Kier alpha value is -2.12. The summed E-state index contributed by atoms with van der Waals surface area (Å²) >= 11 is 0. The van der Waals surface area contributed by atoms with Gasteiger partial charge in [0.25, 0.3) is 0 Å². The SMILES string of the molecule is CCOC(=O)C(C(=O)CCNC(=O)OC(C)(C)C)C(C)C(=O)OC(C)(C)C. The van der Waals surface area contributed by atoms with E-state index in [1.807, 2.05) is 0 Å². The molecule has 0 spiro atoms. The average Bonchev–Trinajstić information content (AvgIpc) is 2.43. The molecule has 0 rings (SSSR count). The highest BCUT2D eigenvalue weighted by Gasteiger charge is 2.39. The number of hydrogen-bond donors (Lipinski definition) is 1. The van der Waals surface area contributed by atoms with Gasteiger partial charge in [-0.05, 0) is 48.5 Å². The van der Waals surface area contributed by atoms with E-state index in [4.69, 9.17) is 14.2 Å². The van der Waals surface area contributed by atoms with Crippen LogP contribution < -0.4 is 5.32 Å². The predicted molar refractivity (Wildman–Crippen MR) is 99.0 cm³/mol. The fourth-order valence-corrected chi connectivity index (χ4v) is 2.13. The number of amides is 1. The molecule has 0 saturated heterocycles. The van der Waals surface area contributed by atoms with Crippen molar-refractivity contribution in [3.05, 3.63) is 0 Å². The molecule has 0 heterocycles. The first kappa shape index (κ1) is 24.9. The Kier molecular flexibility index (Phi) is 9.47. The van der Waals surface area contributed by atoms with Crippen molar-refractivity contribution < 1.29 is 33.4 Å². The van der Waals surface area contributed by atoms with Crippen molar-refractivity contribution in [3.63, 3.8) is 0 Å². The molecule has 27 heavy (non-hydrogen) atoms. The number of alkyl carbamates (subject to hydrolysis) is 1. The van der Waals surface area contributed by atoms with Gasteiger partial charge in [-0.25, -0.2) is 4.79 Å². The van der Waals surface area contributed by atoms with Crippen LogP contribution in [0.4, 0.5) is 4.79 Å². The van der Waals surface area contributed by atoms with Crippen LogP contribution in [-0.4, -0.2) is 48.2 Å². The fraction of sp³-hybridized carbons (Fsp3) is 0.789. The smallest absolute Gasteiger partial charge is 0.407 e. The molecule has 0 radical (unpaired) electrons. The number of rotatable bonds is 8. The zero-order chi connectivity index (χ0) is 21.4. The summed E-state index contributed by atoms with van der Waals surface area (Å²) in [7, 11) is 0. The van der Waals surface area contributed by atoms with E-state index in [0.29, 0.717) is 0 Å². The molecule has 2 atom stereocenters. The lowest BCUT2D eigenvalue weighted by atomic mass is 9.88. The minimum absolute atomic E-state index is 0.0231. The molecular formula is C19H33NO7. The van der Waals surface area contributed by atoms with Gasteiger partial charge in [-0.3, -0.25) is 14.4 Å². The number of hydrogen-bond acceptors (Lipinski definition) is 7. The van der Waals surface area contributed by atoms with Gasteiger partial charge in [0, 0.05) is 13.0 Å². The number of ketones is 1. The molecule has 0 aliphatic heterocycles. The van der Waals surface area contributed by atoms with Crippen LogP contribution in [0, 0.1) is 11.8 Å². The number of ether oxygens (including phenoxy) is 3. The molecule has 0 aliphatic rings. The van der Waals surface area contributed by atoms with Crippen molar-refractivity contribution in [1.82, 2.24) is 5.32 Å². The zero-order valence-corrected chi connectivity index (χ0v) is 17.6. The number of carbonyl (C=O) groups excluding carboxylic acids is 4. The van der Waals surface area contributed by atoms with Crippen LogP contribution in [-0.2, 0) is 28.6 Å². The van der Waals surface area contributed by atoms with E-state index in [1.54, 1.807) is 48.5 Å². The lowest BCUT2D eigenvalue weighted by Crippen LogP contribution is -2.40. The third-order valence-electron chi connectivity index (χ3n) is 3.21. The van der Waals surface area contributed by atoms with Crippen molar-refractivity contribution in [2.75, 3.05) is 13.2 Å². The van der Waals surface area contributed by atoms with E-state index in [9.17, 15) is 19.2 Å². The molecular weight excluding hydrogens is 354 g/mol. The van der Waals surface area contributed by atoms with Crippen LogP contribution in [0.2, 0.25) is 0 Å². The molecule has 8 nitrogen and oxygen atoms in total. The van der Waals surface area contributed by atoms with Gasteiger partial charge in [-0.15, -0.1) is 0 Å². The predicted octanol–water partition coefficient (Wildman–Crippen LogP) is 2.63. The fourth-order valence-electron chi connectivity index (χ4n) is 2.13. The lowest BCUT2D eigenvalue weighted by molar-refractivity contribution is -0.169. The molecule has 0 fully saturated rings.